The van der Waals surface area contributed by atoms with E-state index in [0.717, 1.165) is 16.9 Å². The van der Waals surface area contributed by atoms with Crippen molar-refractivity contribution in [2.45, 2.75) is 26.2 Å². The SMILES string of the molecule is C[C@H](O)CNCc1cc(Cl)ccc1OCc1ccc(Cl)cc1. The van der Waals surface area contributed by atoms with Gasteiger partial charge in [-0.3, -0.25) is 0 Å². The van der Waals surface area contributed by atoms with Gasteiger partial charge >= 0.3 is 0 Å². The molecule has 118 valence electrons. The van der Waals surface area contributed by atoms with Gasteiger partial charge in [0.1, 0.15) is 12.4 Å². The molecule has 0 unspecified atom stereocenters. The van der Waals surface area contributed by atoms with Gasteiger partial charge in [0, 0.05) is 28.7 Å². The van der Waals surface area contributed by atoms with Gasteiger partial charge in [0.05, 0.1) is 6.10 Å². The van der Waals surface area contributed by atoms with Crippen molar-refractivity contribution >= 4 is 23.2 Å². The maximum Gasteiger partial charge on any atom is 0.124 e. The fourth-order valence-corrected chi connectivity index (χ4v) is 2.31. The predicted molar refractivity (Wildman–Crippen MR) is 90.6 cm³/mol. The highest BCUT2D eigenvalue weighted by Crippen LogP contribution is 2.24. The van der Waals surface area contributed by atoms with E-state index in [9.17, 15) is 5.11 Å². The van der Waals surface area contributed by atoms with Crippen molar-refractivity contribution in [1.29, 1.82) is 0 Å². The molecule has 0 heterocycles. The number of ether oxygens (including phenoxy) is 1. The number of aliphatic hydroxyl groups is 1. The molecule has 0 radical (unpaired) electrons. The van der Waals surface area contributed by atoms with Gasteiger partial charge in [0.2, 0.25) is 0 Å². The van der Waals surface area contributed by atoms with Crippen LogP contribution in [0.15, 0.2) is 42.5 Å². The third-order valence-corrected chi connectivity index (χ3v) is 3.57. The number of aliphatic hydroxyl groups excluding tert-OH is 1. The second-order valence-corrected chi connectivity index (χ2v) is 6.02. The van der Waals surface area contributed by atoms with E-state index >= 15 is 0 Å². The zero-order chi connectivity index (χ0) is 15.9. The molecule has 0 bridgehead atoms. The van der Waals surface area contributed by atoms with Crippen LogP contribution in [0.25, 0.3) is 0 Å². The average molecular weight is 340 g/mol. The molecule has 22 heavy (non-hydrogen) atoms. The summed E-state index contributed by atoms with van der Waals surface area (Å²) in [6.45, 7) is 3.30. The first kappa shape index (κ1) is 17.1. The highest BCUT2D eigenvalue weighted by atomic mass is 35.5. The summed E-state index contributed by atoms with van der Waals surface area (Å²) in [5.74, 6) is 0.775. The quantitative estimate of drug-likeness (QED) is 0.799. The molecule has 0 aliphatic carbocycles. The number of halogens is 2. The highest BCUT2D eigenvalue weighted by Gasteiger charge is 2.06. The van der Waals surface area contributed by atoms with Crippen LogP contribution in [0, 0.1) is 0 Å². The summed E-state index contributed by atoms with van der Waals surface area (Å²) in [4.78, 5) is 0. The van der Waals surface area contributed by atoms with Crippen molar-refractivity contribution in [1.82, 2.24) is 5.32 Å². The molecular weight excluding hydrogens is 321 g/mol. The molecule has 0 saturated heterocycles. The molecule has 0 fully saturated rings. The van der Waals surface area contributed by atoms with Gasteiger partial charge in [-0.25, -0.2) is 0 Å². The summed E-state index contributed by atoms with van der Waals surface area (Å²) in [6, 6.07) is 13.1. The standard InChI is InChI=1S/C17H19Cl2NO2/c1-12(21)9-20-10-14-8-16(19)6-7-17(14)22-11-13-2-4-15(18)5-3-13/h2-8,12,20-21H,9-11H2,1H3/t12-/m0/s1. The zero-order valence-corrected chi connectivity index (χ0v) is 13.9. The van der Waals surface area contributed by atoms with E-state index in [2.05, 4.69) is 5.32 Å². The number of benzene rings is 2. The first-order valence-corrected chi connectivity index (χ1v) is 7.84. The molecule has 5 heteroatoms. The van der Waals surface area contributed by atoms with Gasteiger partial charge in [-0.05, 0) is 42.8 Å². The topological polar surface area (TPSA) is 41.5 Å². The lowest BCUT2D eigenvalue weighted by Crippen LogP contribution is -2.24. The van der Waals surface area contributed by atoms with Crippen molar-refractivity contribution in [3.8, 4) is 5.75 Å². The summed E-state index contributed by atoms with van der Waals surface area (Å²) in [7, 11) is 0. The number of nitrogens with one attached hydrogen (secondary N) is 1. The molecule has 2 rings (SSSR count). The van der Waals surface area contributed by atoms with Gasteiger partial charge in [0.25, 0.3) is 0 Å². The Morgan fingerprint density at radius 2 is 1.77 bits per heavy atom. The van der Waals surface area contributed by atoms with E-state index in [4.69, 9.17) is 27.9 Å². The van der Waals surface area contributed by atoms with Gasteiger partial charge < -0.3 is 15.2 Å². The van der Waals surface area contributed by atoms with Crippen molar-refractivity contribution in [2.24, 2.45) is 0 Å². The zero-order valence-electron chi connectivity index (χ0n) is 12.4. The number of hydrogen-bond acceptors (Lipinski definition) is 3. The summed E-state index contributed by atoms with van der Waals surface area (Å²) in [6.07, 6.45) is -0.391. The Morgan fingerprint density at radius 1 is 1.09 bits per heavy atom. The number of hydrogen-bond donors (Lipinski definition) is 2. The summed E-state index contributed by atoms with van der Waals surface area (Å²) >= 11 is 11.9. The molecule has 0 aliphatic rings. The lowest BCUT2D eigenvalue weighted by atomic mass is 10.2. The van der Waals surface area contributed by atoms with Crippen LogP contribution >= 0.6 is 23.2 Å². The third-order valence-electron chi connectivity index (χ3n) is 3.09. The monoisotopic (exact) mass is 339 g/mol. The first-order valence-electron chi connectivity index (χ1n) is 7.09. The third kappa shape index (κ3) is 5.50. The average Bonchev–Trinajstić information content (AvgIpc) is 2.48. The Labute approximate surface area is 140 Å². The van der Waals surface area contributed by atoms with Crippen molar-refractivity contribution < 1.29 is 9.84 Å². The van der Waals surface area contributed by atoms with E-state index in [-0.39, 0.29) is 0 Å². The van der Waals surface area contributed by atoms with Crippen molar-refractivity contribution in [3.63, 3.8) is 0 Å². The van der Waals surface area contributed by atoms with Crippen LogP contribution in [-0.2, 0) is 13.2 Å². The maximum atomic E-state index is 9.30. The summed E-state index contributed by atoms with van der Waals surface area (Å²) < 4.78 is 5.87. The molecular formula is C17H19Cl2NO2. The minimum Gasteiger partial charge on any atom is -0.489 e. The van der Waals surface area contributed by atoms with Gasteiger partial charge in [0.15, 0.2) is 0 Å². The van der Waals surface area contributed by atoms with E-state index in [1.54, 1.807) is 13.0 Å². The van der Waals surface area contributed by atoms with Crippen LogP contribution in [0.4, 0.5) is 0 Å². The van der Waals surface area contributed by atoms with Crippen LogP contribution < -0.4 is 10.1 Å². The minimum absolute atomic E-state index is 0.391. The Bertz CT molecular complexity index is 600. The maximum absolute atomic E-state index is 9.30. The predicted octanol–water partition coefficient (Wildman–Crippen LogP) is 4.04. The van der Waals surface area contributed by atoms with E-state index in [0.29, 0.717) is 29.7 Å². The Balaban J connectivity index is 2.01. The van der Waals surface area contributed by atoms with Gasteiger partial charge in [-0.15, -0.1) is 0 Å². The Morgan fingerprint density at radius 3 is 2.45 bits per heavy atom. The molecule has 2 N–H and O–H groups in total. The highest BCUT2D eigenvalue weighted by molar-refractivity contribution is 6.30. The van der Waals surface area contributed by atoms with Crippen LogP contribution in [0.2, 0.25) is 10.0 Å². The lowest BCUT2D eigenvalue weighted by Gasteiger charge is -2.13. The molecule has 1 atom stereocenters. The van der Waals surface area contributed by atoms with Crippen molar-refractivity contribution in [2.75, 3.05) is 6.54 Å². The van der Waals surface area contributed by atoms with Gasteiger partial charge in [-0.2, -0.15) is 0 Å². The molecule has 0 spiro atoms. The molecule has 2 aromatic rings. The summed E-state index contributed by atoms with van der Waals surface area (Å²) in [5.41, 5.74) is 2.00. The summed E-state index contributed by atoms with van der Waals surface area (Å²) in [5, 5.41) is 13.8. The molecule has 0 saturated carbocycles. The molecule has 3 nitrogen and oxygen atoms in total. The van der Waals surface area contributed by atoms with E-state index < -0.39 is 6.10 Å². The van der Waals surface area contributed by atoms with Crippen LogP contribution in [-0.4, -0.2) is 17.8 Å². The Kier molecular flexibility index (Phi) is 6.52. The second-order valence-electron chi connectivity index (χ2n) is 5.15. The molecule has 0 aromatic heterocycles. The fraction of sp³-hybridized carbons (Fsp3) is 0.294. The number of rotatable bonds is 7. The molecule has 0 amide bonds. The normalized spacial score (nSPS) is 12.2. The van der Waals surface area contributed by atoms with Crippen LogP contribution in [0.3, 0.4) is 0 Å². The minimum atomic E-state index is -0.391. The first-order chi connectivity index (χ1) is 10.5. The van der Waals surface area contributed by atoms with Gasteiger partial charge in [-0.1, -0.05) is 35.3 Å². The molecule has 0 aliphatic heterocycles. The largest absolute Gasteiger partial charge is 0.489 e. The van der Waals surface area contributed by atoms with Crippen LogP contribution in [0.5, 0.6) is 5.75 Å². The van der Waals surface area contributed by atoms with E-state index in [1.165, 1.54) is 0 Å². The second kappa shape index (κ2) is 8.39. The smallest absolute Gasteiger partial charge is 0.124 e. The van der Waals surface area contributed by atoms with Crippen LogP contribution in [0.1, 0.15) is 18.1 Å². The van der Waals surface area contributed by atoms with E-state index in [1.807, 2.05) is 36.4 Å². The Hall–Kier alpha value is -1.26. The fourth-order valence-electron chi connectivity index (χ4n) is 1.98. The lowest BCUT2D eigenvalue weighted by molar-refractivity contribution is 0.190. The van der Waals surface area contributed by atoms with Crippen molar-refractivity contribution in [3.05, 3.63) is 63.6 Å². The molecule has 2 aromatic carbocycles.